The molecule has 0 saturated heterocycles. The summed E-state index contributed by atoms with van der Waals surface area (Å²) < 4.78 is 12.9. The molecule has 13 heavy (non-hydrogen) atoms. The highest BCUT2D eigenvalue weighted by atomic mass is 35.5. The van der Waals surface area contributed by atoms with Gasteiger partial charge in [0.25, 0.3) is 0 Å². The van der Waals surface area contributed by atoms with Crippen LogP contribution in [0.15, 0.2) is 24.3 Å². The van der Waals surface area contributed by atoms with Gasteiger partial charge in [0.1, 0.15) is 12.1 Å². The molecule has 0 atom stereocenters. The lowest BCUT2D eigenvalue weighted by Gasteiger charge is -1.99. The average Bonchev–Trinajstić information content (AvgIpc) is 2.09. The third kappa shape index (κ3) is 4.04. The summed E-state index contributed by atoms with van der Waals surface area (Å²) >= 11 is 0. The van der Waals surface area contributed by atoms with E-state index < -0.39 is 0 Å². The molecule has 0 unspecified atom stereocenters. The SMILES string of the molecule is Cl.O=CCCCc1ccccc1F. The maximum atomic E-state index is 12.9. The maximum Gasteiger partial charge on any atom is 0.126 e. The number of aldehydes is 1. The number of rotatable bonds is 4. The molecule has 1 aromatic rings. The lowest BCUT2D eigenvalue weighted by molar-refractivity contribution is -0.107. The molecule has 0 amide bonds. The van der Waals surface area contributed by atoms with E-state index >= 15 is 0 Å². The highest BCUT2D eigenvalue weighted by Crippen LogP contribution is 2.09. The Balaban J connectivity index is 0.00000144. The molecule has 0 radical (unpaired) electrons. The van der Waals surface area contributed by atoms with Crippen LogP contribution in [0.2, 0.25) is 0 Å². The van der Waals surface area contributed by atoms with E-state index in [4.69, 9.17) is 0 Å². The second kappa shape index (κ2) is 6.61. The smallest absolute Gasteiger partial charge is 0.126 e. The van der Waals surface area contributed by atoms with Gasteiger partial charge < -0.3 is 4.79 Å². The third-order valence-electron chi connectivity index (χ3n) is 1.73. The normalized spacial score (nSPS) is 9.00. The largest absolute Gasteiger partial charge is 0.303 e. The van der Waals surface area contributed by atoms with Gasteiger partial charge in [-0.05, 0) is 24.5 Å². The minimum atomic E-state index is -0.177. The zero-order valence-corrected chi connectivity index (χ0v) is 8.02. The molecule has 0 spiro atoms. The molecule has 0 heterocycles. The van der Waals surface area contributed by atoms with Gasteiger partial charge in [0.2, 0.25) is 0 Å². The van der Waals surface area contributed by atoms with E-state index in [1.807, 2.05) is 0 Å². The monoisotopic (exact) mass is 202 g/mol. The first kappa shape index (κ1) is 12.1. The topological polar surface area (TPSA) is 17.1 Å². The van der Waals surface area contributed by atoms with Crippen molar-refractivity contribution in [1.29, 1.82) is 0 Å². The molecule has 1 rings (SSSR count). The number of carbonyl (C=O) groups is 1. The zero-order chi connectivity index (χ0) is 8.81. The molecule has 0 fully saturated rings. The van der Waals surface area contributed by atoms with Gasteiger partial charge in [-0.2, -0.15) is 0 Å². The van der Waals surface area contributed by atoms with Crippen LogP contribution in [0.3, 0.4) is 0 Å². The Morgan fingerprint density at radius 2 is 2.00 bits per heavy atom. The average molecular weight is 203 g/mol. The van der Waals surface area contributed by atoms with Crippen LogP contribution in [0.25, 0.3) is 0 Å². The minimum Gasteiger partial charge on any atom is -0.303 e. The van der Waals surface area contributed by atoms with E-state index in [0.717, 1.165) is 12.7 Å². The summed E-state index contributed by atoms with van der Waals surface area (Å²) in [6, 6.07) is 6.66. The molecule has 0 aromatic heterocycles. The van der Waals surface area contributed by atoms with Gasteiger partial charge in [0, 0.05) is 6.42 Å². The second-order valence-corrected chi connectivity index (χ2v) is 2.65. The number of hydrogen-bond acceptors (Lipinski definition) is 1. The molecule has 1 aromatic carbocycles. The quantitative estimate of drug-likeness (QED) is 0.542. The van der Waals surface area contributed by atoms with Crippen molar-refractivity contribution >= 4 is 18.7 Å². The standard InChI is InChI=1S/C10H11FO.ClH/c11-10-7-2-1-5-9(10)6-3-4-8-12;/h1-2,5,7-8H,3-4,6H2;1H. The van der Waals surface area contributed by atoms with Crippen LogP contribution in [-0.4, -0.2) is 6.29 Å². The molecule has 1 nitrogen and oxygen atoms in total. The summed E-state index contributed by atoms with van der Waals surface area (Å²) in [7, 11) is 0. The molecule has 3 heteroatoms. The van der Waals surface area contributed by atoms with Crippen molar-refractivity contribution in [2.75, 3.05) is 0 Å². The van der Waals surface area contributed by atoms with E-state index in [2.05, 4.69) is 0 Å². The number of hydrogen-bond donors (Lipinski definition) is 0. The van der Waals surface area contributed by atoms with Crippen molar-refractivity contribution in [3.05, 3.63) is 35.6 Å². The van der Waals surface area contributed by atoms with E-state index in [1.165, 1.54) is 6.07 Å². The van der Waals surface area contributed by atoms with Crippen molar-refractivity contribution in [1.82, 2.24) is 0 Å². The van der Waals surface area contributed by atoms with E-state index in [1.54, 1.807) is 18.2 Å². The maximum absolute atomic E-state index is 12.9. The summed E-state index contributed by atoms with van der Waals surface area (Å²) in [4.78, 5) is 9.99. The van der Waals surface area contributed by atoms with Gasteiger partial charge in [-0.25, -0.2) is 4.39 Å². The number of halogens is 2. The fraction of sp³-hybridized carbons (Fsp3) is 0.300. The summed E-state index contributed by atoms with van der Waals surface area (Å²) in [5.41, 5.74) is 0.694. The van der Waals surface area contributed by atoms with Crippen LogP contribution in [0.1, 0.15) is 18.4 Å². The van der Waals surface area contributed by atoms with Crippen LogP contribution in [-0.2, 0) is 11.2 Å². The first-order valence-electron chi connectivity index (χ1n) is 4.01. The molecule has 0 bridgehead atoms. The molecule has 0 aliphatic carbocycles. The van der Waals surface area contributed by atoms with Crippen LogP contribution in [0, 0.1) is 5.82 Å². The highest BCUT2D eigenvalue weighted by molar-refractivity contribution is 5.85. The summed E-state index contributed by atoms with van der Waals surface area (Å²) in [5, 5.41) is 0. The number of benzene rings is 1. The summed E-state index contributed by atoms with van der Waals surface area (Å²) in [6.45, 7) is 0. The Labute approximate surface area is 83.4 Å². The lowest BCUT2D eigenvalue weighted by Crippen LogP contribution is -1.90. The molecule has 0 saturated carbocycles. The Morgan fingerprint density at radius 1 is 1.31 bits per heavy atom. The van der Waals surface area contributed by atoms with Crippen molar-refractivity contribution in [2.45, 2.75) is 19.3 Å². The Kier molecular flexibility index (Phi) is 6.15. The van der Waals surface area contributed by atoms with Crippen LogP contribution in [0.4, 0.5) is 4.39 Å². The molecular weight excluding hydrogens is 191 g/mol. The fourth-order valence-electron chi connectivity index (χ4n) is 1.08. The third-order valence-corrected chi connectivity index (χ3v) is 1.73. The highest BCUT2D eigenvalue weighted by Gasteiger charge is 1.98. The van der Waals surface area contributed by atoms with Crippen LogP contribution in [0.5, 0.6) is 0 Å². The summed E-state index contributed by atoms with van der Waals surface area (Å²) in [6.07, 6.45) is 2.74. The zero-order valence-electron chi connectivity index (χ0n) is 7.20. The van der Waals surface area contributed by atoms with Gasteiger partial charge in [-0.3, -0.25) is 0 Å². The van der Waals surface area contributed by atoms with Gasteiger partial charge in [0.15, 0.2) is 0 Å². The first-order valence-corrected chi connectivity index (χ1v) is 4.01. The second-order valence-electron chi connectivity index (χ2n) is 2.65. The van der Waals surface area contributed by atoms with Crippen molar-refractivity contribution in [3.8, 4) is 0 Å². The molecule has 0 aliphatic rings. The molecule has 0 aliphatic heterocycles. The molecule has 72 valence electrons. The predicted octanol–water partition coefficient (Wildman–Crippen LogP) is 2.77. The Morgan fingerprint density at radius 3 is 2.62 bits per heavy atom. The van der Waals surface area contributed by atoms with Crippen molar-refractivity contribution in [3.63, 3.8) is 0 Å². The van der Waals surface area contributed by atoms with E-state index in [9.17, 15) is 9.18 Å². The minimum absolute atomic E-state index is 0. The van der Waals surface area contributed by atoms with Gasteiger partial charge >= 0.3 is 0 Å². The van der Waals surface area contributed by atoms with Crippen molar-refractivity contribution in [2.24, 2.45) is 0 Å². The van der Waals surface area contributed by atoms with E-state index in [0.29, 0.717) is 18.4 Å². The van der Waals surface area contributed by atoms with Crippen molar-refractivity contribution < 1.29 is 9.18 Å². The number of carbonyl (C=O) groups excluding carboxylic acids is 1. The van der Waals surface area contributed by atoms with Crippen LogP contribution < -0.4 is 0 Å². The predicted molar refractivity (Wildman–Crippen MR) is 52.7 cm³/mol. The Hall–Kier alpha value is -0.890. The number of aryl methyl sites for hydroxylation is 1. The fourth-order valence-corrected chi connectivity index (χ4v) is 1.08. The van der Waals surface area contributed by atoms with Gasteiger partial charge in [-0.15, -0.1) is 12.4 Å². The van der Waals surface area contributed by atoms with Gasteiger partial charge in [-0.1, -0.05) is 18.2 Å². The molecule has 0 N–H and O–H groups in total. The number of unbranched alkanes of at least 4 members (excludes halogenated alkanes) is 1. The van der Waals surface area contributed by atoms with E-state index in [-0.39, 0.29) is 18.2 Å². The van der Waals surface area contributed by atoms with Crippen LogP contribution >= 0.6 is 12.4 Å². The lowest BCUT2D eigenvalue weighted by atomic mass is 10.1. The Bertz CT molecular complexity index is 263. The summed E-state index contributed by atoms with van der Waals surface area (Å²) in [5.74, 6) is -0.177. The van der Waals surface area contributed by atoms with Gasteiger partial charge in [0.05, 0.1) is 0 Å². The first-order chi connectivity index (χ1) is 5.84. The molecular formula is C10H12ClFO.